The van der Waals surface area contributed by atoms with E-state index >= 15 is 0 Å². The van der Waals surface area contributed by atoms with Crippen LogP contribution >= 0.6 is 0 Å². The van der Waals surface area contributed by atoms with Gasteiger partial charge in [-0.05, 0) is 0 Å². The predicted molar refractivity (Wildman–Crippen MR) is 73.0 cm³/mol. The van der Waals surface area contributed by atoms with Gasteiger partial charge < -0.3 is 30.6 Å². The van der Waals surface area contributed by atoms with E-state index in [1.165, 1.54) is 0 Å². The lowest BCUT2D eigenvalue weighted by atomic mass is 10.1. The lowest BCUT2D eigenvalue weighted by molar-refractivity contribution is -0.121. The van der Waals surface area contributed by atoms with Crippen molar-refractivity contribution in [3.05, 3.63) is 12.1 Å². The Labute approximate surface area is 116 Å². The van der Waals surface area contributed by atoms with E-state index in [0.717, 1.165) is 5.69 Å². The van der Waals surface area contributed by atoms with Gasteiger partial charge in [0.05, 0.1) is 24.6 Å². The number of carbonyl (C=O) groups is 1. The number of rotatable bonds is 2. The molecule has 2 heterocycles. The smallest absolute Gasteiger partial charge is 0.242 e. The Balaban J connectivity index is 1.97. The average Bonchev–Trinajstić information content (AvgIpc) is 2.46. The van der Waals surface area contributed by atoms with E-state index in [1.807, 2.05) is 4.90 Å². The van der Waals surface area contributed by atoms with Crippen molar-refractivity contribution < 1.29 is 19.0 Å². The lowest BCUT2D eigenvalue weighted by Crippen LogP contribution is -2.52. The van der Waals surface area contributed by atoms with E-state index < -0.39 is 11.9 Å². The zero-order valence-electron chi connectivity index (χ0n) is 11.0. The molecule has 3 rings (SSSR count). The zero-order chi connectivity index (χ0) is 14.1. The number of nitrogen functional groups attached to an aromatic ring is 1. The Hall–Kier alpha value is -2.15. The molecular formula is C13H17N3O4. The highest BCUT2D eigenvalue weighted by Crippen LogP contribution is 2.39. The van der Waals surface area contributed by atoms with E-state index in [2.05, 4.69) is 0 Å². The Morgan fingerprint density at radius 3 is 2.60 bits per heavy atom. The Morgan fingerprint density at radius 1 is 1.20 bits per heavy atom. The molecule has 0 saturated carbocycles. The largest absolute Gasteiger partial charge is 0.486 e. The van der Waals surface area contributed by atoms with Crippen molar-refractivity contribution in [2.24, 2.45) is 5.73 Å². The van der Waals surface area contributed by atoms with Gasteiger partial charge in [0.2, 0.25) is 5.91 Å². The van der Waals surface area contributed by atoms with Gasteiger partial charge in [-0.15, -0.1) is 0 Å². The summed E-state index contributed by atoms with van der Waals surface area (Å²) < 4.78 is 16.3. The molecule has 0 aliphatic carbocycles. The summed E-state index contributed by atoms with van der Waals surface area (Å²) in [4.78, 5) is 13.4. The number of primary amides is 1. The first-order valence-corrected chi connectivity index (χ1v) is 6.49. The number of morpholine rings is 1. The summed E-state index contributed by atoms with van der Waals surface area (Å²) in [5.74, 6) is 0.829. The fraction of sp³-hybridized carbons (Fsp3) is 0.462. The van der Waals surface area contributed by atoms with Crippen molar-refractivity contribution in [1.29, 1.82) is 0 Å². The zero-order valence-corrected chi connectivity index (χ0v) is 11.0. The molecule has 0 spiro atoms. The molecule has 0 bridgehead atoms. The second kappa shape index (κ2) is 5.09. The van der Waals surface area contributed by atoms with Crippen LogP contribution in [0.25, 0.3) is 0 Å². The molecule has 20 heavy (non-hydrogen) atoms. The third kappa shape index (κ3) is 2.20. The van der Waals surface area contributed by atoms with Gasteiger partial charge in [0.25, 0.3) is 0 Å². The number of hydrogen-bond donors (Lipinski definition) is 2. The monoisotopic (exact) mass is 279 g/mol. The first kappa shape index (κ1) is 12.9. The minimum Gasteiger partial charge on any atom is -0.486 e. The first-order valence-electron chi connectivity index (χ1n) is 6.49. The van der Waals surface area contributed by atoms with Crippen molar-refractivity contribution in [3.63, 3.8) is 0 Å². The number of nitrogens with zero attached hydrogens (tertiary/aromatic N) is 1. The topological polar surface area (TPSA) is 100 Å². The molecule has 7 nitrogen and oxygen atoms in total. The molecule has 0 aromatic heterocycles. The predicted octanol–water partition coefficient (Wildman–Crippen LogP) is -0.269. The minimum atomic E-state index is -0.520. The number of anilines is 2. The van der Waals surface area contributed by atoms with Crippen molar-refractivity contribution >= 4 is 17.3 Å². The Kier molecular flexibility index (Phi) is 3.27. The van der Waals surface area contributed by atoms with Crippen LogP contribution in [-0.4, -0.2) is 44.9 Å². The van der Waals surface area contributed by atoms with Crippen LogP contribution < -0.4 is 25.8 Å². The van der Waals surface area contributed by atoms with Gasteiger partial charge in [-0.1, -0.05) is 0 Å². The third-order valence-corrected chi connectivity index (χ3v) is 3.46. The van der Waals surface area contributed by atoms with Crippen LogP contribution in [0.5, 0.6) is 11.5 Å². The van der Waals surface area contributed by atoms with Gasteiger partial charge in [-0.3, -0.25) is 4.79 Å². The summed E-state index contributed by atoms with van der Waals surface area (Å²) in [5.41, 5.74) is 12.7. The minimum absolute atomic E-state index is 0.267. The molecule has 1 unspecified atom stereocenters. The maximum atomic E-state index is 11.5. The van der Waals surface area contributed by atoms with Crippen LogP contribution in [-0.2, 0) is 9.53 Å². The number of amides is 1. The molecule has 2 aliphatic rings. The fourth-order valence-electron chi connectivity index (χ4n) is 2.47. The van der Waals surface area contributed by atoms with Crippen LogP contribution in [0.2, 0.25) is 0 Å². The second-order valence-electron chi connectivity index (χ2n) is 4.74. The van der Waals surface area contributed by atoms with Crippen molar-refractivity contribution in [2.75, 3.05) is 43.6 Å². The van der Waals surface area contributed by atoms with E-state index in [9.17, 15) is 4.79 Å². The number of benzene rings is 1. The summed E-state index contributed by atoms with van der Waals surface area (Å²) in [6.07, 6.45) is 0. The maximum absolute atomic E-state index is 11.5. The van der Waals surface area contributed by atoms with Gasteiger partial charge in [0.15, 0.2) is 11.5 Å². The van der Waals surface area contributed by atoms with E-state index in [-0.39, 0.29) is 6.61 Å². The molecule has 108 valence electrons. The highest BCUT2D eigenvalue weighted by atomic mass is 16.6. The van der Waals surface area contributed by atoms with E-state index in [4.69, 9.17) is 25.7 Å². The fourth-order valence-corrected chi connectivity index (χ4v) is 2.47. The van der Waals surface area contributed by atoms with Crippen LogP contribution in [0.3, 0.4) is 0 Å². The summed E-state index contributed by atoms with van der Waals surface area (Å²) in [6.45, 7) is 2.35. The number of fused-ring (bicyclic) bond motifs is 1. The van der Waals surface area contributed by atoms with Crippen molar-refractivity contribution in [2.45, 2.75) is 6.04 Å². The quantitative estimate of drug-likeness (QED) is 0.723. The maximum Gasteiger partial charge on any atom is 0.242 e. The van der Waals surface area contributed by atoms with Gasteiger partial charge >= 0.3 is 0 Å². The Morgan fingerprint density at radius 2 is 1.90 bits per heavy atom. The summed E-state index contributed by atoms with van der Waals surface area (Å²) >= 11 is 0. The molecule has 1 atom stereocenters. The molecular weight excluding hydrogens is 262 g/mol. The second-order valence-corrected chi connectivity index (χ2v) is 4.74. The van der Waals surface area contributed by atoms with Crippen LogP contribution in [0.4, 0.5) is 11.4 Å². The highest BCUT2D eigenvalue weighted by Gasteiger charge is 2.30. The van der Waals surface area contributed by atoms with Crippen LogP contribution in [0.1, 0.15) is 0 Å². The van der Waals surface area contributed by atoms with Crippen molar-refractivity contribution in [1.82, 2.24) is 0 Å². The van der Waals surface area contributed by atoms with E-state index in [1.54, 1.807) is 12.1 Å². The summed E-state index contributed by atoms with van der Waals surface area (Å²) in [6, 6.07) is 3.00. The lowest BCUT2D eigenvalue weighted by Gasteiger charge is -2.36. The van der Waals surface area contributed by atoms with Gasteiger partial charge in [-0.25, -0.2) is 0 Å². The number of ether oxygens (including phenoxy) is 3. The number of carbonyl (C=O) groups excluding carboxylic acids is 1. The Bertz CT molecular complexity index is 535. The highest BCUT2D eigenvalue weighted by molar-refractivity contribution is 5.86. The van der Waals surface area contributed by atoms with Crippen molar-refractivity contribution in [3.8, 4) is 11.5 Å². The summed E-state index contributed by atoms with van der Waals surface area (Å²) in [7, 11) is 0. The molecule has 1 aromatic carbocycles. The standard InChI is InChI=1S/C13H17N3O4/c14-8-5-11-12(20-4-3-19-11)6-9(8)16-1-2-18-7-10(16)13(15)17/h5-6,10H,1-4,7,14H2,(H2,15,17). The molecule has 2 aliphatic heterocycles. The summed E-state index contributed by atoms with van der Waals surface area (Å²) in [5, 5.41) is 0. The van der Waals surface area contributed by atoms with Gasteiger partial charge in [0.1, 0.15) is 19.3 Å². The number of nitrogens with two attached hydrogens (primary N) is 2. The molecule has 1 aromatic rings. The van der Waals surface area contributed by atoms with E-state index in [0.29, 0.717) is 43.6 Å². The molecule has 1 fully saturated rings. The van der Waals surface area contributed by atoms with Crippen LogP contribution in [0.15, 0.2) is 12.1 Å². The molecule has 0 radical (unpaired) electrons. The normalized spacial score (nSPS) is 21.6. The first-order chi connectivity index (χ1) is 9.66. The van der Waals surface area contributed by atoms with Crippen LogP contribution in [0, 0.1) is 0 Å². The molecule has 4 N–H and O–H groups in total. The molecule has 7 heteroatoms. The third-order valence-electron chi connectivity index (χ3n) is 3.46. The number of hydrogen-bond acceptors (Lipinski definition) is 6. The molecule has 1 saturated heterocycles. The molecule has 1 amide bonds. The van der Waals surface area contributed by atoms with Gasteiger partial charge in [0, 0.05) is 18.7 Å². The average molecular weight is 279 g/mol. The van der Waals surface area contributed by atoms with Gasteiger partial charge in [-0.2, -0.15) is 0 Å². The SMILES string of the molecule is NC(=O)C1COCCN1c1cc2c(cc1N)OCCO2.